The monoisotopic (exact) mass is 275 g/mol. The molecule has 0 saturated heterocycles. The summed E-state index contributed by atoms with van der Waals surface area (Å²) in [6, 6.07) is 6.32. The smallest absolute Gasteiger partial charge is 0.327 e. The van der Waals surface area contributed by atoms with E-state index < -0.39 is 12.0 Å². The molecule has 5 heteroatoms. The Balaban J connectivity index is 2.46. The van der Waals surface area contributed by atoms with Crippen LogP contribution >= 0.6 is 0 Å². The van der Waals surface area contributed by atoms with Crippen molar-refractivity contribution in [2.75, 3.05) is 7.11 Å². The summed E-state index contributed by atoms with van der Waals surface area (Å²) in [5.74, 6) is 1.53. The zero-order valence-corrected chi connectivity index (χ0v) is 11.3. The van der Waals surface area contributed by atoms with Crippen molar-refractivity contribution < 1.29 is 19.4 Å². The van der Waals surface area contributed by atoms with Crippen molar-refractivity contribution in [2.24, 2.45) is 0 Å². The summed E-state index contributed by atoms with van der Waals surface area (Å²) in [4.78, 5) is 22.5. The summed E-state index contributed by atoms with van der Waals surface area (Å²) in [6.07, 6.45) is 5.77. The molecule has 0 aliphatic carbocycles. The van der Waals surface area contributed by atoms with Gasteiger partial charge in [0.15, 0.2) is 0 Å². The zero-order chi connectivity index (χ0) is 15.0. The van der Waals surface area contributed by atoms with Crippen LogP contribution in [-0.2, 0) is 16.0 Å². The van der Waals surface area contributed by atoms with Crippen LogP contribution < -0.4 is 10.1 Å². The minimum Gasteiger partial charge on any atom is -0.497 e. The predicted octanol–water partition coefficient (Wildman–Crippen LogP) is 1.22. The minimum absolute atomic E-state index is 0.0242. The van der Waals surface area contributed by atoms with Crippen LogP contribution in [0.25, 0.3) is 0 Å². The van der Waals surface area contributed by atoms with Crippen LogP contribution in [0.15, 0.2) is 24.3 Å². The van der Waals surface area contributed by atoms with E-state index in [-0.39, 0.29) is 18.7 Å². The van der Waals surface area contributed by atoms with Gasteiger partial charge in [-0.05, 0) is 24.1 Å². The number of carboxylic acids is 1. The largest absolute Gasteiger partial charge is 0.497 e. The highest BCUT2D eigenvalue weighted by Gasteiger charge is 2.18. The Bertz CT molecular complexity index is 502. The van der Waals surface area contributed by atoms with Crippen LogP contribution in [0.5, 0.6) is 5.75 Å². The highest BCUT2D eigenvalue weighted by atomic mass is 16.5. The first-order valence-electron chi connectivity index (χ1n) is 6.15. The van der Waals surface area contributed by atoms with Crippen LogP contribution in [-0.4, -0.2) is 30.1 Å². The van der Waals surface area contributed by atoms with Gasteiger partial charge >= 0.3 is 5.97 Å². The van der Waals surface area contributed by atoms with Gasteiger partial charge in [0.1, 0.15) is 11.8 Å². The Kier molecular flexibility index (Phi) is 6.11. The fourth-order valence-corrected chi connectivity index (χ4v) is 1.63. The van der Waals surface area contributed by atoms with E-state index in [9.17, 15) is 9.59 Å². The molecule has 0 aromatic heterocycles. The highest BCUT2D eigenvalue weighted by Crippen LogP contribution is 2.12. The number of methoxy groups -OCH3 is 1. The SMILES string of the molecule is C#CCC(NC(=O)CCc1ccc(OC)cc1)C(=O)O. The van der Waals surface area contributed by atoms with Gasteiger partial charge in [-0.3, -0.25) is 4.79 Å². The van der Waals surface area contributed by atoms with E-state index in [2.05, 4.69) is 11.2 Å². The quantitative estimate of drug-likeness (QED) is 0.734. The molecule has 5 nitrogen and oxygen atoms in total. The van der Waals surface area contributed by atoms with Crippen molar-refractivity contribution in [3.63, 3.8) is 0 Å². The summed E-state index contributed by atoms with van der Waals surface area (Å²) < 4.78 is 5.04. The van der Waals surface area contributed by atoms with Gasteiger partial charge < -0.3 is 15.2 Å². The normalized spacial score (nSPS) is 11.2. The Morgan fingerprint density at radius 1 is 1.40 bits per heavy atom. The molecule has 1 aromatic rings. The van der Waals surface area contributed by atoms with Crippen LogP contribution in [0, 0.1) is 12.3 Å². The maximum atomic E-state index is 11.7. The number of carbonyl (C=O) groups is 2. The second kappa shape index (κ2) is 7.85. The molecule has 0 saturated carbocycles. The third kappa shape index (κ3) is 5.02. The second-order valence-electron chi connectivity index (χ2n) is 4.21. The van der Waals surface area contributed by atoms with Crippen LogP contribution in [0.2, 0.25) is 0 Å². The molecule has 0 fully saturated rings. The molecule has 1 rings (SSSR count). The summed E-state index contributed by atoms with van der Waals surface area (Å²) in [6.45, 7) is 0. The van der Waals surface area contributed by atoms with Gasteiger partial charge in [-0.1, -0.05) is 12.1 Å². The van der Waals surface area contributed by atoms with Crippen molar-refractivity contribution in [2.45, 2.75) is 25.3 Å². The van der Waals surface area contributed by atoms with Crippen molar-refractivity contribution in [3.8, 4) is 18.1 Å². The molecule has 0 heterocycles. The molecule has 0 aliphatic rings. The van der Waals surface area contributed by atoms with E-state index in [0.29, 0.717) is 6.42 Å². The molecule has 1 amide bonds. The number of hydrogen-bond acceptors (Lipinski definition) is 3. The highest BCUT2D eigenvalue weighted by molar-refractivity contribution is 5.83. The number of aliphatic carboxylic acids is 1. The lowest BCUT2D eigenvalue weighted by Crippen LogP contribution is -2.40. The number of ether oxygens (including phenoxy) is 1. The van der Waals surface area contributed by atoms with Crippen molar-refractivity contribution in [1.29, 1.82) is 0 Å². The molecule has 20 heavy (non-hydrogen) atoms. The lowest BCUT2D eigenvalue weighted by molar-refractivity contribution is -0.141. The molecule has 106 valence electrons. The lowest BCUT2D eigenvalue weighted by atomic mass is 10.1. The maximum Gasteiger partial charge on any atom is 0.327 e. The Labute approximate surface area is 117 Å². The lowest BCUT2D eigenvalue weighted by Gasteiger charge is -2.11. The Morgan fingerprint density at radius 3 is 2.55 bits per heavy atom. The number of hydrogen-bond donors (Lipinski definition) is 2. The van der Waals surface area contributed by atoms with E-state index >= 15 is 0 Å². The van der Waals surface area contributed by atoms with Crippen molar-refractivity contribution >= 4 is 11.9 Å². The number of carboxylic acid groups (broad SMARTS) is 1. The molecule has 1 aromatic carbocycles. The first-order chi connectivity index (χ1) is 9.56. The average molecular weight is 275 g/mol. The van der Waals surface area contributed by atoms with Crippen molar-refractivity contribution in [1.82, 2.24) is 5.32 Å². The molecule has 2 N–H and O–H groups in total. The molecular formula is C15H17NO4. The third-order valence-corrected chi connectivity index (χ3v) is 2.76. The number of terminal acetylenes is 1. The van der Waals surface area contributed by atoms with Gasteiger partial charge in [0.05, 0.1) is 7.11 Å². The summed E-state index contributed by atoms with van der Waals surface area (Å²) in [5.41, 5.74) is 0.977. The first kappa shape index (κ1) is 15.6. The molecule has 1 unspecified atom stereocenters. The van der Waals surface area contributed by atoms with E-state index in [1.165, 1.54) is 0 Å². The van der Waals surface area contributed by atoms with E-state index in [1.54, 1.807) is 7.11 Å². The Hall–Kier alpha value is -2.48. The number of carbonyl (C=O) groups excluding carboxylic acids is 1. The Morgan fingerprint density at radius 2 is 2.05 bits per heavy atom. The fourth-order valence-electron chi connectivity index (χ4n) is 1.63. The summed E-state index contributed by atoms with van der Waals surface area (Å²) in [7, 11) is 1.58. The number of nitrogens with one attached hydrogen (secondary N) is 1. The molecule has 1 atom stereocenters. The summed E-state index contributed by atoms with van der Waals surface area (Å²) >= 11 is 0. The van der Waals surface area contributed by atoms with Gasteiger partial charge in [-0.2, -0.15) is 0 Å². The van der Waals surface area contributed by atoms with Gasteiger partial charge in [0.25, 0.3) is 0 Å². The zero-order valence-electron chi connectivity index (χ0n) is 11.3. The number of rotatable bonds is 7. The minimum atomic E-state index is -1.12. The third-order valence-electron chi connectivity index (χ3n) is 2.76. The maximum absolute atomic E-state index is 11.7. The van der Waals surface area contributed by atoms with Crippen LogP contribution in [0.4, 0.5) is 0 Å². The molecule has 0 spiro atoms. The number of amides is 1. The molecule has 0 bridgehead atoms. The van der Waals surface area contributed by atoms with Gasteiger partial charge in [0.2, 0.25) is 5.91 Å². The summed E-state index contributed by atoms with van der Waals surface area (Å²) in [5, 5.41) is 11.3. The first-order valence-corrected chi connectivity index (χ1v) is 6.15. The number of benzene rings is 1. The van der Waals surface area contributed by atoms with E-state index in [1.807, 2.05) is 24.3 Å². The van der Waals surface area contributed by atoms with Gasteiger partial charge in [-0.25, -0.2) is 4.79 Å². The van der Waals surface area contributed by atoms with Crippen LogP contribution in [0.1, 0.15) is 18.4 Å². The molecular weight excluding hydrogens is 258 g/mol. The molecule has 0 radical (unpaired) electrons. The van der Waals surface area contributed by atoms with Gasteiger partial charge in [0, 0.05) is 12.8 Å². The van der Waals surface area contributed by atoms with E-state index in [4.69, 9.17) is 16.3 Å². The van der Waals surface area contributed by atoms with Gasteiger partial charge in [-0.15, -0.1) is 12.3 Å². The van der Waals surface area contributed by atoms with E-state index in [0.717, 1.165) is 11.3 Å². The fraction of sp³-hybridized carbons (Fsp3) is 0.333. The molecule has 0 aliphatic heterocycles. The second-order valence-corrected chi connectivity index (χ2v) is 4.21. The number of aryl methyl sites for hydroxylation is 1. The topological polar surface area (TPSA) is 75.6 Å². The van der Waals surface area contributed by atoms with Crippen molar-refractivity contribution in [3.05, 3.63) is 29.8 Å². The average Bonchev–Trinajstić information content (AvgIpc) is 2.45. The standard InChI is InChI=1S/C15H17NO4/c1-3-4-13(15(18)19)16-14(17)10-7-11-5-8-12(20-2)9-6-11/h1,5-6,8-9,13H,4,7,10H2,2H3,(H,16,17)(H,18,19). The van der Waals surface area contributed by atoms with Crippen LogP contribution in [0.3, 0.4) is 0 Å². The predicted molar refractivity (Wildman–Crippen MR) is 74.3 cm³/mol.